The van der Waals surface area contributed by atoms with Crippen LogP contribution in [0, 0.1) is 5.82 Å². The van der Waals surface area contributed by atoms with Gasteiger partial charge in [-0.1, -0.05) is 18.2 Å². The molecule has 5 rings (SSSR count). The molecule has 0 unspecified atom stereocenters. The molecule has 0 saturated carbocycles. The summed E-state index contributed by atoms with van der Waals surface area (Å²) in [5, 5.41) is 16.3. The number of pyridine rings is 1. The van der Waals surface area contributed by atoms with Crippen molar-refractivity contribution in [3.63, 3.8) is 0 Å². The second-order valence-corrected chi connectivity index (χ2v) is 10.9. The Morgan fingerprint density at radius 3 is 2.42 bits per heavy atom. The van der Waals surface area contributed by atoms with Crippen LogP contribution in [0.1, 0.15) is 0 Å². The van der Waals surface area contributed by atoms with E-state index in [-0.39, 0.29) is 6.61 Å². The van der Waals surface area contributed by atoms with E-state index in [4.69, 9.17) is 21.1 Å². The van der Waals surface area contributed by atoms with E-state index in [9.17, 15) is 17.6 Å². The van der Waals surface area contributed by atoms with E-state index in [1.165, 1.54) is 23.1 Å². The Morgan fingerprint density at radius 2 is 1.80 bits per heavy atom. The fraction of sp³-hybridized carbons (Fsp3) is 0.115. The van der Waals surface area contributed by atoms with Crippen molar-refractivity contribution in [2.45, 2.75) is 6.54 Å². The standard InChI is InChI=1S/C25H21FN6O2S.CH4O3S/c26-17-2-1-3-19(10-17)32(25(28)34)18-6-4-15(5-7-18)21-14-35-23-20(12-29-24(27)22(21)23)16-11-30-31(13-16)8-9-33;1-5(2,3)4/h1-7,10-14,33H,8-9H2,(H2,27,29)(H2,28,34);1H3,(H,2,3,4). The number of nitrogens with two attached hydrogens (primary N) is 2. The Morgan fingerprint density at radius 1 is 1.10 bits per heavy atom. The highest BCUT2D eigenvalue weighted by molar-refractivity contribution is 7.85. The van der Waals surface area contributed by atoms with Gasteiger partial charge in [0.1, 0.15) is 11.6 Å². The maximum atomic E-state index is 13.7. The number of rotatable bonds is 6. The van der Waals surface area contributed by atoms with Gasteiger partial charge in [-0.2, -0.15) is 13.5 Å². The predicted molar refractivity (Wildman–Crippen MR) is 153 cm³/mol. The summed E-state index contributed by atoms with van der Waals surface area (Å²) < 4.78 is 42.2. The summed E-state index contributed by atoms with van der Waals surface area (Å²) in [5.41, 5.74) is 16.3. The van der Waals surface area contributed by atoms with Crippen LogP contribution in [-0.4, -0.2) is 51.7 Å². The summed E-state index contributed by atoms with van der Waals surface area (Å²) in [7, 11) is -3.67. The van der Waals surface area contributed by atoms with Crippen LogP contribution in [0.2, 0.25) is 0 Å². The molecule has 14 heteroatoms. The Bertz CT molecular complexity index is 1760. The first-order valence-electron chi connectivity index (χ1n) is 11.6. The fourth-order valence-electron chi connectivity index (χ4n) is 4.02. The highest BCUT2D eigenvalue weighted by Gasteiger charge is 2.18. The largest absolute Gasteiger partial charge is 0.394 e. The van der Waals surface area contributed by atoms with Crippen LogP contribution in [0.5, 0.6) is 0 Å². The van der Waals surface area contributed by atoms with Gasteiger partial charge in [-0.05, 0) is 41.3 Å². The molecule has 2 aromatic carbocycles. The molecule has 0 aliphatic rings. The van der Waals surface area contributed by atoms with Gasteiger partial charge in [0.25, 0.3) is 10.1 Å². The summed E-state index contributed by atoms with van der Waals surface area (Å²) in [6.45, 7) is 0.410. The van der Waals surface area contributed by atoms with E-state index in [1.807, 2.05) is 23.7 Å². The number of anilines is 3. The van der Waals surface area contributed by atoms with Gasteiger partial charge in [0.05, 0.1) is 37.0 Å². The molecule has 0 atom stereocenters. The number of nitrogens with zero attached hydrogens (tertiary/aromatic N) is 4. The molecular weight excluding hydrogens is 559 g/mol. The second-order valence-electron chi connectivity index (χ2n) is 8.56. The van der Waals surface area contributed by atoms with Crippen molar-refractivity contribution in [3.05, 3.63) is 78.3 Å². The smallest absolute Gasteiger partial charge is 0.323 e. The second kappa shape index (κ2) is 11.8. The number of hydrogen-bond acceptors (Lipinski definition) is 8. The number of aliphatic hydroxyl groups is 1. The molecule has 0 radical (unpaired) electrons. The summed E-state index contributed by atoms with van der Waals surface area (Å²) in [6.07, 6.45) is 6.04. The lowest BCUT2D eigenvalue weighted by molar-refractivity contribution is 0.256. The number of thiophene rings is 1. The summed E-state index contributed by atoms with van der Waals surface area (Å²) in [5.74, 6) is -0.0545. The maximum Gasteiger partial charge on any atom is 0.323 e. The minimum absolute atomic E-state index is 0.00204. The van der Waals surface area contributed by atoms with Crippen LogP contribution in [0.25, 0.3) is 32.3 Å². The molecule has 0 aliphatic heterocycles. The van der Waals surface area contributed by atoms with Crippen molar-refractivity contribution in [2.24, 2.45) is 5.73 Å². The molecule has 6 N–H and O–H groups in total. The first-order chi connectivity index (χ1) is 19.0. The van der Waals surface area contributed by atoms with Crippen molar-refractivity contribution >= 4 is 54.8 Å². The van der Waals surface area contributed by atoms with Crippen LogP contribution in [-0.2, 0) is 16.7 Å². The van der Waals surface area contributed by atoms with E-state index in [2.05, 4.69) is 10.1 Å². The molecular formula is C26H25FN6O5S2. The SMILES string of the molecule is CS(=O)(=O)O.NC(=O)N(c1ccc(-c2csc3c(-c4cnn(CCO)c4)cnc(N)c23)cc1)c1cccc(F)c1. The van der Waals surface area contributed by atoms with Crippen molar-refractivity contribution in [1.82, 2.24) is 14.8 Å². The van der Waals surface area contributed by atoms with Gasteiger partial charge in [0.2, 0.25) is 0 Å². The van der Waals surface area contributed by atoms with Gasteiger partial charge in [-0.25, -0.2) is 14.2 Å². The third-order valence-corrected chi connectivity index (χ3v) is 6.63. The Balaban J connectivity index is 0.000000681. The number of fused-ring (bicyclic) bond motifs is 1. The lowest BCUT2D eigenvalue weighted by atomic mass is 10.0. The molecule has 40 heavy (non-hydrogen) atoms. The fourth-order valence-corrected chi connectivity index (χ4v) is 5.14. The Hall–Kier alpha value is -4.37. The number of urea groups is 1. The van der Waals surface area contributed by atoms with Gasteiger partial charge in [-0.3, -0.25) is 14.1 Å². The minimum atomic E-state index is -3.67. The van der Waals surface area contributed by atoms with E-state index < -0.39 is 22.0 Å². The molecule has 208 valence electrons. The van der Waals surface area contributed by atoms with E-state index >= 15 is 0 Å². The summed E-state index contributed by atoms with van der Waals surface area (Å²) in [6, 6.07) is 12.2. The van der Waals surface area contributed by atoms with Crippen LogP contribution in [0.3, 0.4) is 0 Å². The molecule has 2 amide bonds. The normalized spacial score (nSPS) is 11.2. The number of aliphatic hydroxyl groups excluding tert-OH is 1. The lowest BCUT2D eigenvalue weighted by Gasteiger charge is -2.21. The number of aromatic nitrogens is 3. The molecule has 0 bridgehead atoms. The van der Waals surface area contributed by atoms with Crippen molar-refractivity contribution < 1.29 is 27.3 Å². The van der Waals surface area contributed by atoms with Crippen LogP contribution in [0.4, 0.5) is 26.4 Å². The summed E-state index contributed by atoms with van der Waals surface area (Å²) in [4.78, 5) is 17.8. The number of halogens is 1. The molecule has 3 heterocycles. The Kier molecular flexibility index (Phi) is 8.44. The number of carbonyl (C=O) groups is 1. The maximum absolute atomic E-state index is 13.7. The average molecular weight is 585 g/mol. The average Bonchev–Trinajstić information content (AvgIpc) is 3.52. The number of benzene rings is 2. The van der Waals surface area contributed by atoms with Gasteiger partial charge in [0, 0.05) is 39.2 Å². The highest BCUT2D eigenvalue weighted by atomic mass is 32.2. The number of hydrogen-bond donors (Lipinski definition) is 4. The molecule has 0 saturated heterocycles. The van der Waals surface area contributed by atoms with Crippen LogP contribution < -0.4 is 16.4 Å². The third-order valence-electron chi connectivity index (χ3n) is 5.62. The molecule has 5 aromatic rings. The number of carbonyl (C=O) groups excluding carboxylic acids is 1. The van der Waals surface area contributed by atoms with Crippen molar-refractivity contribution in [2.75, 3.05) is 23.5 Å². The number of amides is 2. The van der Waals surface area contributed by atoms with Crippen molar-refractivity contribution in [3.8, 4) is 22.3 Å². The van der Waals surface area contributed by atoms with E-state index in [1.54, 1.807) is 46.6 Å². The molecule has 0 spiro atoms. The van der Waals surface area contributed by atoms with E-state index in [0.29, 0.717) is 30.0 Å². The first kappa shape index (κ1) is 28.6. The van der Waals surface area contributed by atoms with Crippen LogP contribution >= 0.6 is 11.3 Å². The molecule has 0 aliphatic carbocycles. The quantitative estimate of drug-likeness (QED) is 0.214. The lowest BCUT2D eigenvalue weighted by Crippen LogP contribution is -2.31. The number of nitrogen functional groups attached to an aromatic ring is 1. The van der Waals surface area contributed by atoms with E-state index in [0.717, 1.165) is 32.3 Å². The summed E-state index contributed by atoms with van der Waals surface area (Å²) >= 11 is 1.55. The molecule has 3 aromatic heterocycles. The molecule has 0 fully saturated rings. The third kappa shape index (κ3) is 6.60. The zero-order valence-electron chi connectivity index (χ0n) is 21.1. The van der Waals surface area contributed by atoms with Gasteiger partial charge in [-0.15, -0.1) is 11.3 Å². The predicted octanol–water partition coefficient (Wildman–Crippen LogP) is 4.26. The number of primary amides is 1. The topological polar surface area (TPSA) is 178 Å². The first-order valence-corrected chi connectivity index (χ1v) is 14.4. The van der Waals surface area contributed by atoms with Gasteiger partial charge >= 0.3 is 6.03 Å². The minimum Gasteiger partial charge on any atom is -0.394 e. The molecule has 11 nitrogen and oxygen atoms in total. The van der Waals surface area contributed by atoms with Crippen molar-refractivity contribution in [1.29, 1.82) is 0 Å². The van der Waals surface area contributed by atoms with Gasteiger partial charge < -0.3 is 16.6 Å². The monoisotopic (exact) mass is 584 g/mol. The zero-order valence-corrected chi connectivity index (χ0v) is 22.7. The van der Waals surface area contributed by atoms with Gasteiger partial charge in [0.15, 0.2) is 0 Å². The zero-order chi connectivity index (χ0) is 29.0. The van der Waals surface area contributed by atoms with Crippen LogP contribution in [0.15, 0.2) is 72.5 Å². The Labute approximate surface area is 232 Å². The highest BCUT2D eigenvalue weighted by Crippen LogP contribution is 2.42.